The molecule has 0 amide bonds. The summed E-state index contributed by atoms with van der Waals surface area (Å²) in [6.45, 7) is 6.93. The van der Waals surface area contributed by atoms with Gasteiger partial charge in [-0.25, -0.2) is 24.4 Å². The number of rotatable bonds is 13. The standard InChI is InChI=1S/C28H39FN7O7P/c1-6-42-26(38)18(3)31-44(41,32-19(4)27(39)43-7-2)33-23-9-8-12-35(17-23)24-14-25(37)34(5)28(40)36(24)16-21-13-22(29)11-10-20(21)15-30/h10-11,13-14,18-19,23H,6-9,12,16-17H2,1-5H3,(H3,31,32,33,41)/t18-,19-,23+/m0/s1. The van der Waals surface area contributed by atoms with E-state index in [1.54, 1.807) is 18.7 Å². The van der Waals surface area contributed by atoms with Crippen LogP contribution < -0.4 is 31.4 Å². The highest BCUT2D eigenvalue weighted by molar-refractivity contribution is 7.57. The largest absolute Gasteiger partial charge is 0.465 e. The zero-order chi connectivity index (χ0) is 32.6. The van der Waals surface area contributed by atoms with Crippen LogP contribution in [-0.2, 0) is 37.2 Å². The Labute approximate surface area is 254 Å². The zero-order valence-electron chi connectivity index (χ0n) is 25.5. The van der Waals surface area contributed by atoms with Crippen LogP contribution in [0.4, 0.5) is 10.2 Å². The maximum absolute atomic E-state index is 14.2. The molecule has 3 atom stereocenters. The average Bonchev–Trinajstić information content (AvgIpc) is 2.97. The van der Waals surface area contributed by atoms with Crippen molar-refractivity contribution < 1.29 is 28.0 Å². The molecule has 3 N–H and O–H groups in total. The smallest absolute Gasteiger partial charge is 0.332 e. The number of piperidine rings is 1. The van der Waals surface area contributed by atoms with Crippen LogP contribution in [0.15, 0.2) is 33.9 Å². The summed E-state index contributed by atoms with van der Waals surface area (Å²) in [5.74, 6) is -1.61. The number of halogens is 1. The van der Waals surface area contributed by atoms with Gasteiger partial charge in [0.25, 0.3) is 13.2 Å². The van der Waals surface area contributed by atoms with Gasteiger partial charge in [-0.1, -0.05) is 0 Å². The van der Waals surface area contributed by atoms with Crippen LogP contribution in [-0.4, -0.2) is 65.5 Å². The van der Waals surface area contributed by atoms with Crippen molar-refractivity contribution in [2.75, 3.05) is 31.2 Å². The van der Waals surface area contributed by atoms with Crippen molar-refractivity contribution in [1.82, 2.24) is 24.4 Å². The lowest BCUT2D eigenvalue weighted by atomic mass is 10.1. The van der Waals surface area contributed by atoms with E-state index in [9.17, 15) is 33.4 Å². The van der Waals surface area contributed by atoms with Gasteiger partial charge in [0, 0.05) is 32.2 Å². The molecule has 1 aliphatic rings. The normalized spacial score (nSPS) is 16.6. The lowest BCUT2D eigenvalue weighted by Gasteiger charge is -2.38. The van der Waals surface area contributed by atoms with E-state index in [-0.39, 0.29) is 43.2 Å². The number of nitriles is 1. The van der Waals surface area contributed by atoms with Crippen LogP contribution in [0.1, 0.15) is 51.7 Å². The van der Waals surface area contributed by atoms with Gasteiger partial charge in [-0.05, 0) is 64.3 Å². The van der Waals surface area contributed by atoms with Crippen molar-refractivity contribution >= 4 is 25.4 Å². The molecule has 0 spiro atoms. The van der Waals surface area contributed by atoms with Crippen molar-refractivity contribution in [3.8, 4) is 6.07 Å². The topological polar surface area (TPSA) is 177 Å². The quantitative estimate of drug-likeness (QED) is 0.213. The third-order valence-electron chi connectivity index (χ3n) is 7.03. The van der Waals surface area contributed by atoms with Gasteiger partial charge < -0.3 is 14.4 Å². The third-order valence-corrected chi connectivity index (χ3v) is 9.27. The third kappa shape index (κ3) is 8.63. The Morgan fingerprint density at radius 2 is 1.73 bits per heavy atom. The molecule has 1 aliphatic heterocycles. The van der Waals surface area contributed by atoms with E-state index in [4.69, 9.17) is 9.47 Å². The summed E-state index contributed by atoms with van der Waals surface area (Å²) in [4.78, 5) is 52.5. The number of nitrogens with one attached hydrogen (secondary N) is 3. The van der Waals surface area contributed by atoms with Gasteiger partial charge in [0.15, 0.2) is 0 Å². The fourth-order valence-corrected chi connectivity index (χ4v) is 7.14. The van der Waals surface area contributed by atoms with E-state index in [1.807, 2.05) is 6.07 Å². The van der Waals surface area contributed by atoms with Crippen molar-refractivity contribution in [2.24, 2.45) is 7.05 Å². The van der Waals surface area contributed by atoms with Gasteiger partial charge in [-0.3, -0.25) is 28.1 Å². The van der Waals surface area contributed by atoms with Crippen molar-refractivity contribution in [3.05, 3.63) is 62.0 Å². The van der Waals surface area contributed by atoms with Crippen LogP contribution in [0.5, 0.6) is 0 Å². The molecular weight excluding hydrogens is 596 g/mol. The zero-order valence-corrected chi connectivity index (χ0v) is 26.4. The number of aromatic nitrogens is 2. The Bertz CT molecular complexity index is 1540. The molecule has 0 unspecified atom stereocenters. The van der Waals surface area contributed by atoms with Gasteiger partial charge in [-0.15, -0.1) is 0 Å². The molecule has 2 aromatic rings. The number of carbonyl (C=O) groups excluding carboxylic acids is 2. The molecule has 1 aromatic heterocycles. The van der Waals surface area contributed by atoms with Crippen molar-refractivity contribution in [3.63, 3.8) is 0 Å². The fourth-order valence-electron chi connectivity index (χ4n) is 4.89. The Morgan fingerprint density at radius 3 is 2.30 bits per heavy atom. The van der Waals surface area contributed by atoms with E-state index in [1.165, 1.54) is 43.7 Å². The molecular formula is C28H39FN7O7P. The maximum atomic E-state index is 14.2. The molecule has 0 aliphatic carbocycles. The minimum atomic E-state index is -3.87. The molecule has 0 saturated carbocycles. The van der Waals surface area contributed by atoms with Gasteiger partial charge in [0.05, 0.1) is 31.4 Å². The Hall–Kier alpha value is -3.83. The number of benzene rings is 1. The van der Waals surface area contributed by atoms with Gasteiger partial charge in [0.1, 0.15) is 23.7 Å². The molecule has 0 radical (unpaired) electrons. The second kappa shape index (κ2) is 15.3. The summed E-state index contributed by atoms with van der Waals surface area (Å²) < 4.78 is 40.6. The van der Waals surface area contributed by atoms with Crippen LogP contribution in [0.25, 0.3) is 0 Å². The fraction of sp³-hybridized carbons (Fsp3) is 0.536. The van der Waals surface area contributed by atoms with E-state index in [0.29, 0.717) is 19.4 Å². The van der Waals surface area contributed by atoms with Crippen molar-refractivity contribution in [1.29, 1.82) is 5.26 Å². The molecule has 1 aromatic carbocycles. The van der Waals surface area contributed by atoms with E-state index in [2.05, 4.69) is 15.3 Å². The van der Waals surface area contributed by atoms with Crippen LogP contribution in [0.2, 0.25) is 0 Å². The summed E-state index contributed by atoms with van der Waals surface area (Å²) in [6, 6.07) is 4.42. The Balaban J connectivity index is 1.94. The number of ether oxygens (including phenoxy) is 2. The molecule has 1 fully saturated rings. The number of carbonyl (C=O) groups is 2. The second-order valence-corrected chi connectivity index (χ2v) is 12.4. The molecule has 240 valence electrons. The highest BCUT2D eigenvalue weighted by Crippen LogP contribution is 2.35. The summed E-state index contributed by atoms with van der Waals surface area (Å²) in [6.07, 6.45) is 1.09. The number of esters is 2. The van der Waals surface area contributed by atoms with Crippen LogP contribution >= 0.6 is 7.59 Å². The highest BCUT2D eigenvalue weighted by Gasteiger charge is 2.35. The molecule has 44 heavy (non-hydrogen) atoms. The molecule has 1 saturated heterocycles. The first kappa shape index (κ1) is 34.7. The lowest BCUT2D eigenvalue weighted by molar-refractivity contribution is -0.145. The Morgan fingerprint density at radius 1 is 1.11 bits per heavy atom. The maximum Gasteiger partial charge on any atom is 0.332 e. The summed E-state index contributed by atoms with van der Waals surface area (Å²) in [7, 11) is -2.55. The predicted octanol–water partition coefficient (Wildman–Crippen LogP) is 1.35. The second-order valence-electron chi connectivity index (χ2n) is 10.4. The minimum absolute atomic E-state index is 0.122. The first-order chi connectivity index (χ1) is 20.8. The molecule has 2 heterocycles. The highest BCUT2D eigenvalue weighted by atomic mass is 31.2. The lowest BCUT2D eigenvalue weighted by Crippen LogP contribution is -2.52. The van der Waals surface area contributed by atoms with Crippen LogP contribution in [0.3, 0.4) is 0 Å². The van der Waals surface area contributed by atoms with Crippen LogP contribution in [0, 0.1) is 17.1 Å². The minimum Gasteiger partial charge on any atom is -0.465 e. The molecule has 16 heteroatoms. The first-order valence-electron chi connectivity index (χ1n) is 14.3. The average molecular weight is 636 g/mol. The SMILES string of the molecule is CCOC(=O)[C@H](C)NP(=O)(N[C@@H]1CCCN(c2cc(=O)n(C)c(=O)n2Cc2cc(F)ccc2C#N)C1)N[C@@H](C)C(=O)OCC. The molecule has 0 bridgehead atoms. The van der Waals surface area contributed by atoms with Gasteiger partial charge >= 0.3 is 17.6 Å². The van der Waals surface area contributed by atoms with Gasteiger partial charge in [0.2, 0.25) is 0 Å². The number of hydrogen-bond acceptors (Lipinski definition) is 9. The van der Waals surface area contributed by atoms with E-state index in [0.717, 1.165) is 10.6 Å². The first-order valence-corrected chi connectivity index (χ1v) is 16.0. The summed E-state index contributed by atoms with van der Waals surface area (Å²) >= 11 is 0. The molecule has 3 rings (SSSR count). The summed E-state index contributed by atoms with van der Waals surface area (Å²) in [5, 5.41) is 18.1. The van der Waals surface area contributed by atoms with Crippen molar-refractivity contribution in [2.45, 2.75) is 65.2 Å². The van der Waals surface area contributed by atoms with E-state index >= 15 is 0 Å². The number of nitrogens with zero attached hydrogens (tertiary/aromatic N) is 4. The summed E-state index contributed by atoms with van der Waals surface area (Å²) in [5.41, 5.74) is -0.770. The molecule has 14 nitrogen and oxygen atoms in total. The monoisotopic (exact) mass is 635 g/mol. The number of hydrogen-bond donors (Lipinski definition) is 3. The van der Waals surface area contributed by atoms with Gasteiger partial charge in [-0.2, -0.15) is 5.26 Å². The Kier molecular flexibility index (Phi) is 12.0. The predicted molar refractivity (Wildman–Crippen MR) is 161 cm³/mol. The van der Waals surface area contributed by atoms with E-state index < -0.39 is 54.7 Å². The number of anilines is 1.